The molecular weight excluding hydrogens is 211 g/mol. The van der Waals surface area contributed by atoms with Gasteiger partial charge in [0.05, 0.1) is 12.6 Å². The lowest BCUT2D eigenvalue weighted by Crippen LogP contribution is -2.40. The van der Waals surface area contributed by atoms with Crippen LogP contribution in [-0.2, 0) is 4.84 Å². The molecule has 1 aliphatic heterocycles. The summed E-state index contributed by atoms with van der Waals surface area (Å²) in [4.78, 5) is 5.06. The minimum Gasteiger partial charge on any atom is -0.311 e. The van der Waals surface area contributed by atoms with Gasteiger partial charge in [0.1, 0.15) is 0 Å². The van der Waals surface area contributed by atoms with Gasteiger partial charge in [-0.15, -0.1) is 31.4 Å². The first-order chi connectivity index (χ1) is 5.43. The molecule has 2 N–H and O–H groups in total. The largest absolute Gasteiger partial charge is 0.311 e. The highest BCUT2D eigenvalue weighted by atomic mass is 35.5. The van der Waals surface area contributed by atoms with Crippen molar-refractivity contribution in [2.45, 2.75) is 6.04 Å². The van der Waals surface area contributed by atoms with E-state index in [2.05, 4.69) is 29.5 Å². The molecule has 1 heterocycles. The normalized spacial score (nSPS) is 19.8. The molecule has 3 nitrogen and oxygen atoms in total. The van der Waals surface area contributed by atoms with Crippen LogP contribution >= 0.6 is 24.8 Å². The molecule has 0 saturated carbocycles. The summed E-state index contributed by atoms with van der Waals surface area (Å²) in [6.45, 7) is 5.97. The molecule has 0 radical (unpaired) electrons. The van der Waals surface area contributed by atoms with E-state index in [1.54, 1.807) is 6.08 Å². The van der Waals surface area contributed by atoms with E-state index in [1.165, 1.54) is 0 Å². The Labute approximate surface area is 91.4 Å². The van der Waals surface area contributed by atoms with Crippen LogP contribution in [0.4, 0.5) is 0 Å². The highest BCUT2D eigenvalue weighted by Crippen LogP contribution is 1.90. The third kappa shape index (κ3) is 7.05. The Hall–Kier alpha value is -0.0600. The molecule has 1 atom stereocenters. The van der Waals surface area contributed by atoms with Gasteiger partial charge in [-0.1, -0.05) is 18.2 Å². The SMILES string of the molecule is C=CCONC1C=CCNC1.Cl.Cl. The second-order valence-corrected chi connectivity index (χ2v) is 2.41. The molecule has 78 valence electrons. The quantitative estimate of drug-likeness (QED) is 0.428. The summed E-state index contributed by atoms with van der Waals surface area (Å²) >= 11 is 0. The molecule has 1 rings (SSSR count). The maximum atomic E-state index is 5.06. The molecule has 0 bridgehead atoms. The Bertz CT molecular complexity index is 153. The second kappa shape index (κ2) is 10.0. The number of halogens is 2. The molecule has 0 saturated heterocycles. The highest BCUT2D eigenvalue weighted by Gasteiger charge is 2.05. The van der Waals surface area contributed by atoms with Crippen LogP contribution in [0.1, 0.15) is 0 Å². The van der Waals surface area contributed by atoms with Crippen LogP contribution in [0.5, 0.6) is 0 Å². The van der Waals surface area contributed by atoms with Gasteiger partial charge >= 0.3 is 0 Å². The number of hydrogen-bond acceptors (Lipinski definition) is 3. The van der Waals surface area contributed by atoms with E-state index in [1.807, 2.05) is 0 Å². The van der Waals surface area contributed by atoms with Gasteiger partial charge in [-0.3, -0.25) is 4.84 Å². The van der Waals surface area contributed by atoms with Gasteiger partial charge in [0.15, 0.2) is 0 Å². The summed E-state index contributed by atoms with van der Waals surface area (Å²) in [5.41, 5.74) is 2.90. The predicted molar refractivity (Wildman–Crippen MR) is 59.6 cm³/mol. The Morgan fingerprint density at radius 1 is 1.62 bits per heavy atom. The standard InChI is InChI=1S/C8H14N2O.2ClH/c1-2-6-11-10-8-4-3-5-9-7-8;;/h2-4,8-10H,1,5-7H2;2*1H. The Morgan fingerprint density at radius 2 is 2.38 bits per heavy atom. The number of nitrogens with one attached hydrogen (secondary N) is 2. The summed E-state index contributed by atoms with van der Waals surface area (Å²) in [7, 11) is 0. The zero-order valence-electron chi connectivity index (χ0n) is 7.36. The first kappa shape index (κ1) is 15.4. The van der Waals surface area contributed by atoms with Crippen molar-refractivity contribution in [3.05, 3.63) is 24.8 Å². The molecule has 0 aromatic rings. The topological polar surface area (TPSA) is 33.3 Å². The summed E-state index contributed by atoms with van der Waals surface area (Å²) in [5, 5.41) is 3.21. The fraction of sp³-hybridized carbons (Fsp3) is 0.500. The Morgan fingerprint density at radius 3 is 2.92 bits per heavy atom. The van der Waals surface area contributed by atoms with E-state index in [9.17, 15) is 0 Å². The van der Waals surface area contributed by atoms with Crippen molar-refractivity contribution >= 4 is 24.8 Å². The van der Waals surface area contributed by atoms with Crippen LogP contribution in [0.25, 0.3) is 0 Å². The monoisotopic (exact) mass is 226 g/mol. The zero-order chi connectivity index (χ0) is 7.94. The summed E-state index contributed by atoms with van der Waals surface area (Å²) in [5.74, 6) is 0. The van der Waals surface area contributed by atoms with Crippen molar-refractivity contribution in [3.63, 3.8) is 0 Å². The van der Waals surface area contributed by atoms with Crippen molar-refractivity contribution in [3.8, 4) is 0 Å². The van der Waals surface area contributed by atoms with Crippen LogP contribution in [0.2, 0.25) is 0 Å². The van der Waals surface area contributed by atoms with Crippen molar-refractivity contribution in [2.24, 2.45) is 0 Å². The Balaban J connectivity index is 0. The third-order valence-corrected chi connectivity index (χ3v) is 1.43. The van der Waals surface area contributed by atoms with Gasteiger partial charge in [0.2, 0.25) is 0 Å². The average molecular weight is 227 g/mol. The predicted octanol–water partition coefficient (Wildman–Crippen LogP) is 1.07. The fourth-order valence-corrected chi connectivity index (χ4v) is 0.918. The molecule has 13 heavy (non-hydrogen) atoms. The van der Waals surface area contributed by atoms with Crippen molar-refractivity contribution in [1.29, 1.82) is 0 Å². The number of hydroxylamine groups is 1. The maximum Gasteiger partial charge on any atom is 0.0861 e. The summed E-state index contributed by atoms with van der Waals surface area (Å²) in [6, 6.07) is 0.295. The van der Waals surface area contributed by atoms with E-state index < -0.39 is 0 Å². The van der Waals surface area contributed by atoms with Gasteiger partial charge in [0, 0.05) is 13.1 Å². The van der Waals surface area contributed by atoms with Gasteiger partial charge in [0.25, 0.3) is 0 Å². The molecule has 5 heteroatoms. The molecule has 1 unspecified atom stereocenters. The minimum absolute atomic E-state index is 0. The lowest BCUT2D eigenvalue weighted by molar-refractivity contribution is 0.0457. The molecular formula is C8H16Cl2N2O. The molecule has 0 spiro atoms. The van der Waals surface area contributed by atoms with Gasteiger partial charge in [-0.05, 0) is 0 Å². The smallest absolute Gasteiger partial charge is 0.0861 e. The molecule has 0 aromatic carbocycles. The second-order valence-electron chi connectivity index (χ2n) is 2.41. The molecule has 0 amide bonds. The molecule has 0 fully saturated rings. The summed E-state index contributed by atoms with van der Waals surface area (Å²) in [6.07, 6.45) is 5.89. The van der Waals surface area contributed by atoms with E-state index in [-0.39, 0.29) is 24.8 Å². The van der Waals surface area contributed by atoms with Crippen LogP contribution < -0.4 is 10.8 Å². The third-order valence-electron chi connectivity index (χ3n) is 1.43. The van der Waals surface area contributed by atoms with Crippen molar-refractivity contribution in [1.82, 2.24) is 10.8 Å². The first-order valence-electron chi connectivity index (χ1n) is 3.79. The first-order valence-corrected chi connectivity index (χ1v) is 3.79. The zero-order valence-corrected chi connectivity index (χ0v) is 9.00. The van der Waals surface area contributed by atoms with Crippen LogP contribution in [-0.4, -0.2) is 25.7 Å². The van der Waals surface area contributed by atoms with E-state index in [0.717, 1.165) is 13.1 Å². The van der Waals surface area contributed by atoms with Gasteiger partial charge in [-0.2, -0.15) is 5.48 Å². The highest BCUT2D eigenvalue weighted by molar-refractivity contribution is 5.85. The van der Waals surface area contributed by atoms with E-state index in [0.29, 0.717) is 12.6 Å². The maximum absolute atomic E-state index is 5.06. The molecule has 0 aromatic heterocycles. The van der Waals surface area contributed by atoms with E-state index >= 15 is 0 Å². The van der Waals surface area contributed by atoms with Gasteiger partial charge in [-0.25, -0.2) is 0 Å². The molecule has 1 aliphatic rings. The van der Waals surface area contributed by atoms with Gasteiger partial charge < -0.3 is 5.32 Å². The van der Waals surface area contributed by atoms with Crippen LogP contribution in [0.3, 0.4) is 0 Å². The number of rotatable bonds is 4. The van der Waals surface area contributed by atoms with Crippen molar-refractivity contribution < 1.29 is 4.84 Å². The Kier molecular flexibility index (Phi) is 11.9. The fourth-order valence-electron chi connectivity index (χ4n) is 0.918. The summed E-state index contributed by atoms with van der Waals surface area (Å²) < 4.78 is 0. The average Bonchev–Trinajstić information content (AvgIpc) is 2.07. The van der Waals surface area contributed by atoms with Crippen LogP contribution in [0, 0.1) is 0 Å². The molecule has 0 aliphatic carbocycles. The number of hydrogen-bond donors (Lipinski definition) is 2. The van der Waals surface area contributed by atoms with E-state index in [4.69, 9.17) is 4.84 Å². The lowest BCUT2D eigenvalue weighted by atomic mass is 10.2. The lowest BCUT2D eigenvalue weighted by Gasteiger charge is -2.17. The van der Waals surface area contributed by atoms with Crippen LogP contribution in [0.15, 0.2) is 24.8 Å². The minimum atomic E-state index is 0. The van der Waals surface area contributed by atoms with Crippen molar-refractivity contribution in [2.75, 3.05) is 19.7 Å².